The van der Waals surface area contributed by atoms with Crippen LogP contribution in [0, 0.1) is 0 Å². The Morgan fingerprint density at radius 1 is 1.00 bits per heavy atom. The minimum Gasteiger partial charge on any atom is -0.486 e. The van der Waals surface area contributed by atoms with Crippen LogP contribution >= 0.6 is 22.9 Å². The summed E-state index contributed by atoms with van der Waals surface area (Å²) in [5, 5.41) is 5.66. The molecular weight excluding hydrogens is 420 g/mol. The van der Waals surface area contributed by atoms with Gasteiger partial charge in [0.25, 0.3) is 5.91 Å². The van der Waals surface area contributed by atoms with Gasteiger partial charge in [0.2, 0.25) is 0 Å². The molecule has 0 fully saturated rings. The third kappa shape index (κ3) is 3.56. The normalized spacial score (nSPS) is 12.6. The van der Waals surface area contributed by atoms with Gasteiger partial charge in [-0.25, -0.2) is 0 Å². The standard InChI is InChI=1S/C23H17ClN2O3S/c24-16-5-3-15(4-6-16)18-14-30-22(21(18)26-9-1-2-10-26)23(27)25-17-7-8-19-20(13-17)29-12-11-28-19/h1-10,13-14H,11-12H2,(H,25,27). The van der Waals surface area contributed by atoms with Crippen LogP contribution in [0.1, 0.15) is 9.67 Å². The Balaban J connectivity index is 1.51. The Hall–Kier alpha value is -3.22. The molecule has 5 nitrogen and oxygen atoms in total. The highest BCUT2D eigenvalue weighted by Gasteiger charge is 2.21. The Morgan fingerprint density at radius 3 is 2.50 bits per heavy atom. The molecule has 2 aromatic heterocycles. The van der Waals surface area contributed by atoms with Crippen LogP contribution in [0.2, 0.25) is 5.02 Å². The van der Waals surface area contributed by atoms with Crippen LogP contribution in [0.3, 0.4) is 0 Å². The van der Waals surface area contributed by atoms with Crippen molar-refractivity contribution in [3.05, 3.63) is 82.3 Å². The van der Waals surface area contributed by atoms with Crippen molar-refractivity contribution in [3.8, 4) is 28.3 Å². The molecule has 0 aliphatic carbocycles. The number of carbonyl (C=O) groups excluding carboxylic acids is 1. The van der Waals surface area contributed by atoms with Gasteiger partial charge in [-0.1, -0.05) is 23.7 Å². The molecular formula is C23H17ClN2O3S. The van der Waals surface area contributed by atoms with E-state index in [0.717, 1.165) is 16.8 Å². The molecule has 1 aliphatic heterocycles. The number of ether oxygens (including phenoxy) is 2. The van der Waals surface area contributed by atoms with Crippen LogP contribution in [-0.4, -0.2) is 23.7 Å². The first-order valence-corrected chi connectivity index (χ1v) is 10.7. The lowest BCUT2D eigenvalue weighted by Gasteiger charge is -2.19. The number of nitrogens with one attached hydrogen (secondary N) is 1. The van der Waals surface area contributed by atoms with Crippen molar-refractivity contribution < 1.29 is 14.3 Å². The number of carbonyl (C=O) groups is 1. The van der Waals surface area contributed by atoms with Crippen molar-refractivity contribution in [2.75, 3.05) is 18.5 Å². The van der Waals surface area contributed by atoms with Gasteiger partial charge in [0.1, 0.15) is 18.1 Å². The van der Waals surface area contributed by atoms with Crippen molar-refractivity contribution in [1.29, 1.82) is 0 Å². The van der Waals surface area contributed by atoms with Crippen LogP contribution in [0.5, 0.6) is 11.5 Å². The van der Waals surface area contributed by atoms with Crippen LogP contribution < -0.4 is 14.8 Å². The number of aromatic nitrogens is 1. The van der Waals surface area contributed by atoms with Gasteiger partial charge in [-0.15, -0.1) is 11.3 Å². The van der Waals surface area contributed by atoms with E-state index in [2.05, 4.69) is 5.32 Å². The smallest absolute Gasteiger partial charge is 0.267 e. The zero-order valence-electron chi connectivity index (χ0n) is 15.8. The summed E-state index contributed by atoms with van der Waals surface area (Å²) in [5.41, 5.74) is 3.46. The predicted molar refractivity (Wildman–Crippen MR) is 119 cm³/mol. The summed E-state index contributed by atoms with van der Waals surface area (Å²) in [6, 6.07) is 16.9. The van der Waals surface area contributed by atoms with Crippen molar-refractivity contribution in [2.24, 2.45) is 0 Å². The summed E-state index contributed by atoms with van der Waals surface area (Å²) in [4.78, 5) is 13.8. The maximum atomic E-state index is 13.2. The second-order valence-corrected chi connectivity index (χ2v) is 8.05. The van der Waals surface area contributed by atoms with Gasteiger partial charge in [-0.2, -0.15) is 0 Å². The molecule has 0 bridgehead atoms. The first-order chi connectivity index (χ1) is 14.7. The topological polar surface area (TPSA) is 52.5 Å². The maximum absolute atomic E-state index is 13.2. The quantitative estimate of drug-likeness (QED) is 0.434. The highest BCUT2D eigenvalue weighted by molar-refractivity contribution is 7.13. The predicted octanol–water partition coefficient (Wildman–Crippen LogP) is 5.88. The number of thiophene rings is 1. The lowest BCUT2D eigenvalue weighted by Crippen LogP contribution is -2.16. The van der Waals surface area contributed by atoms with Gasteiger partial charge >= 0.3 is 0 Å². The number of amides is 1. The molecule has 30 heavy (non-hydrogen) atoms. The largest absolute Gasteiger partial charge is 0.486 e. The molecule has 7 heteroatoms. The van der Waals surface area contributed by atoms with Crippen molar-refractivity contribution in [3.63, 3.8) is 0 Å². The SMILES string of the molecule is O=C(Nc1ccc2c(c1)OCCO2)c1scc(-c2ccc(Cl)cc2)c1-n1cccc1. The van der Waals surface area contributed by atoms with E-state index in [9.17, 15) is 4.79 Å². The number of rotatable bonds is 4. The van der Waals surface area contributed by atoms with Crippen molar-refractivity contribution in [2.45, 2.75) is 0 Å². The Labute approximate surface area is 182 Å². The molecule has 150 valence electrons. The molecule has 3 heterocycles. The molecule has 0 spiro atoms. The molecule has 2 aromatic carbocycles. The van der Waals surface area contributed by atoms with E-state index in [0.29, 0.717) is 40.3 Å². The van der Waals surface area contributed by atoms with E-state index in [-0.39, 0.29) is 5.91 Å². The number of anilines is 1. The van der Waals surface area contributed by atoms with Crippen molar-refractivity contribution in [1.82, 2.24) is 4.57 Å². The molecule has 1 aliphatic rings. The summed E-state index contributed by atoms with van der Waals surface area (Å²) in [7, 11) is 0. The van der Waals surface area contributed by atoms with E-state index >= 15 is 0 Å². The molecule has 1 amide bonds. The third-order valence-electron chi connectivity index (χ3n) is 4.79. The van der Waals surface area contributed by atoms with Gasteiger partial charge in [-0.05, 0) is 42.0 Å². The molecule has 5 rings (SSSR count). The number of halogens is 1. The second-order valence-electron chi connectivity index (χ2n) is 6.74. The average Bonchev–Trinajstić information content (AvgIpc) is 3.44. The van der Waals surface area contributed by atoms with Crippen LogP contribution in [0.25, 0.3) is 16.8 Å². The number of hydrogen-bond donors (Lipinski definition) is 1. The van der Waals surface area contributed by atoms with Gasteiger partial charge < -0.3 is 19.4 Å². The number of hydrogen-bond acceptors (Lipinski definition) is 4. The molecule has 0 unspecified atom stereocenters. The zero-order valence-corrected chi connectivity index (χ0v) is 17.4. The molecule has 0 atom stereocenters. The fraction of sp³-hybridized carbons (Fsp3) is 0.0870. The molecule has 4 aromatic rings. The first-order valence-electron chi connectivity index (χ1n) is 9.41. The minimum absolute atomic E-state index is 0.180. The summed E-state index contributed by atoms with van der Waals surface area (Å²) in [5.74, 6) is 1.15. The Morgan fingerprint density at radius 2 is 1.73 bits per heavy atom. The Bertz CT molecular complexity index is 1200. The van der Waals surface area contributed by atoms with Gasteiger partial charge in [0.05, 0.1) is 5.69 Å². The molecule has 0 saturated carbocycles. The van der Waals surface area contributed by atoms with E-state index in [1.54, 1.807) is 6.07 Å². The molecule has 0 saturated heterocycles. The number of fused-ring (bicyclic) bond motifs is 1. The van der Waals surface area contributed by atoms with E-state index in [1.165, 1.54) is 11.3 Å². The fourth-order valence-electron chi connectivity index (χ4n) is 3.40. The van der Waals surface area contributed by atoms with Crippen LogP contribution in [0.4, 0.5) is 5.69 Å². The number of benzene rings is 2. The van der Waals surface area contributed by atoms with Gasteiger partial charge in [0.15, 0.2) is 11.5 Å². The number of nitrogens with zero attached hydrogens (tertiary/aromatic N) is 1. The summed E-state index contributed by atoms with van der Waals surface area (Å²) in [6.07, 6.45) is 3.87. The second kappa shape index (κ2) is 7.89. The van der Waals surface area contributed by atoms with E-state index < -0.39 is 0 Å². The minimum atomic E-state index is -0.180. The third-order valence-corrected chi connectivity index (χ3v) is 6.01. The van der Waals surface area contributed by atoms with E-state index in [1.807, 2.05) is 70.9 Å². The highest BCUT2D eigenvalue weighted by atomic mass is 35.5. The monoisotopic (exact) mass is 436 g/mol. The molecule has 1 N–H and O–H groups in total. The average molecular weight is 437 g/mol. The van der Waals surface area contributed by atoms with Crippen molar-refractivity contribution >= 4 is 34.5 Å². The summed E-state index contributed by atoms with van der Waals surface area (Å²) < 4.78 is 13.1. The summed E-state index contributed by atoms with van der Waals surface area (Å²) in [6.45, 7) is 1.03. The summed E-state index contributed by atoms with van der Waals surface area (Å²) >= 11 is 7.46. The van der Waals surface area contributed by atoms with Crippen LogP contribution in [-0.2, 0) is 0 Å². The zero-order chi connectivity index (χ0) is 20.5. The van der Waals surface area contributed by atoms with Gasteiger partial charge in [-0.3, -0.25) is 4.79 Å². The fourth-order valence-corrected chi connectivity index (χ4v) is 4.49. The molecule has 0 radical (unpaired) electrons. The lowest BCUT2D eigenvalue weighted by molar-refractivity contribution is 0.103. The maximum Gasteiger partial charge on any atom is 0.267 e. The van der Waals surface area contributed by atoms with Gasteiger partial charge in [0, 0.05) is 40.1 Å². The van der Waals surface area contributed by atoms with E-state index in [4.69, 9.17) is 21.1 Å². The lowest BCUT2D eigenvalue weighted by atomic mass is 10.1. The first kappa shape index (κ1) is 18.8. The van der Waals surface area contributed by atoms with Crippen LogP contribution in [0.15, 0.2) is 72.4 Å². The highest BCUT2D eigenvalue weighted by Crippen LogP contribution is 2.37. The Kier molecular flexibility index (Phi) is 4.94.